The first-order chi connectivity index (χ1) is 9.29. The Labute approximate surface area is 125 Å². The first-order valence-corrected chi connectivity index (χ1v) is 6.84. The van der Waals surface area contributed by atoms with E-state index in [1.54, 1.807) is 19.2 Å². The van der Waals surface area contributed by atoms with Crippen LogP contribution >= 0.6 is 12.4 Å². The largest absolute Gasteiger partial charge is 0.481 e. The molecule has 0 spiro atoms. The van der Waals surface area contributed by atoms with Crippen LogP contribution in [0, 0.1) is 0 Å². The zero-order valence-electron chi connectivity index (χ0n) is 11.5. The lowest BCUT2D eigenvalue weighted by Crippen LogP contribution is -2.42. The maximum Gasteiger partial charge on any atom is 0.273 e. The summed E-state index contributed by atoms with van der Waals surface area (Å²) in [4.78, 5) is 19.0. The third kappa shape index (κ3) is 2.74. The van der Waals surface area contributed by atoms with E-state index in [1.165, 1.54) is 0 Å². The average Bonchev–Trinajstić information content (AvgIpc) is 2.71. The fourth-order valence-electron chi connectivity index (χ4n) is 3.09. The molecule has 1 N–H and O–H groups in total. The number of nitrogens with one attached hydrogen (secondary N) is 1. The summed E-state index contributed by atoms with van der Waals surface area (Å²) in [6.45, 7) is 1.89. The van der Waals surface area contributed by atoms with Crippen LogP contribution in [0.2, 0.25) is 0 Å². The molecule has 0 radical (unpaired) electrons. The molecule has 2 saturated heterocycles. The van der Waals surface area contributed by atoms with Crippen molar-refractivity contribution in [1.82, 2.24) is 15.2 Å². The highest BCUT2D eigenvalue weighted by molar-refractivity contribution is 5.93. The van der Waals surface area contributed by atoms with Gasteiger partial charge in [-0.25, -0.2) is 4.98 Å². The summed E-state index contributed by atoms with van der Waals surface area (Å²) in [5, 5.41) is 3.40. The van der Waals surface area contributed by atoms with E-state index in [0.717, 1.165) is 32.4 Å². The summed E-state index contributed by atoms with van der Waals surface area (Å²) < 4.78 is 5.09. The minimum atomic E-state index is 0. The fraction of sp³-hybridized carbons (Fsp3) is 0.571. The Kier molecular flexibility index (Phi) is 4.83. The van der Waals surface area contributed by atoms with Crippen molar-refractivity contribution < 1.29 is 9.53 Å². The normalized spacial score (nSPS) is 24.8. The number of rotatable bonds is 2. The molecule has 0 aliphatic carbocycles. The number of halogens is 1. The van der Waals surface area contributed by atoms with Gasteiger partial charge in [0.1, 0.15) is 5.69 Å². The second kappa shape index (κ2) is 6.41. The number of carbonyl (C=O) groups is 1. The molecule has 3 rings (SSSR count). The smallest absolute Gasteiger partial charge is 0.273 e. The van der Waals surface area contributed by atoms with Crippen molar-refractivity contribution >= 4 is 18.3 Å². The molecule has 2 bridgehead atoms. The highest BCUT2D eigenvalue weighted by atomic mass is 35.5. The molecule has 110 valence electrons. The summed E-state index contributed by atoms with van der Waals surface area (Å²) in [5.41, 5.74) is 0.484. The van der Waals surface area contributed by atoms with Gasteiger partial charge in [0.15, 0.2) is 0 Å². The average molecular weight is 298 g/mol. The van der Waals surface area contributed by atoms with Gasteiger partial charge in [0, 0.05) is 24.7 Å². The molecule has 5 nitrogen and oxygen atoms in total. The molecule has 2 unspecified atom stereocenters. The number of ether oxygens (including phenoxy) is 1. The SMILES string of the molecule is COc1cccc(C(=O)N2C3CCNCC2CC3)n1.Cl. The first-order valence-electron chi connectivity index (χ1n) is 6.84. The van der Waals surface area contributed by atoms with E-state index in [1.807, 2.05) is 11.0 Å². The number of hydrogen-bond donors (Lipinski definition) is 1. The third-order valence-electron chi connectivity index (χ3n) is 4.04. The van der Waals surface area contributed by atoms with Gasteiger partial charge in [0.05, 0.1) is 7.11 Å². The number of carbonyl (C=O) groups excluding carboxylic acids is 1. The maximum absolute atomic E-state index is 12.7. The molecule has 2 aliphatic rings. The zero-order chi connectivity index (χ0) is 13.2. The molecule has 0 saturated carbocycles. The van der Waals surface area contributed by atoms with Crippen molar-refractivity contribution in [3.05, 3.63) is 23.9 Å². The van der Waals surface area contributed by atoms with E-state index in [9.17, 15) is 4.79 Å². The van der Waals surface area contributed by atoms with Gasteiger partial charge in [-0.2, -0.15) is 0 Å². The van der Waals surface area contributed by atoms with Crippen molar-refractivity contribution in [3.63, 3.8) is 0 Å². The second-order valence-electron chi connectivity index (χ2n) is 5.16. The van der Waals surface area contributed by atoms with Crippen molar-refractivity contribution in [1.29, 1.82) is 0 Å². The predicted molar refractivity (Wildman–Crippen MR) is 78.5 cm³/mol. The van der Waals surface area contributed by atoms with Crippen LogP contribution in [0.3, 0.4) is 0 Å². The standard InChI is InChI=1S/C14H19N3O2.ClH/c1-19-13-4-2-3-12(16-13)14(18)17-10-5-6-11(17)9-15-8-7-10;/h2-4,10-11,15H,5-9H2,1H3;1H. The molecule has 20 heavy (non-hydrogen) atoms. The molecule has 1 aromatic rings. The van der Waals surface area contributed by atoms with Crippen LogP contribution in [0.4, 0.5) is 0 Å². The van der Waals surface area contributed by atoms with Crippen LogP contribution in [0.1, 0.15) is 29.8 Å². The lowest BCUT2D eigenvalue weighted by molar-refractivity contribution is 0.0673. The fourth-order valence-corrected chi connectivity index (χ4v) is 3.09. The van der Waals surface area contributed by atoms with E-state index >= 15 is 0 Å². The van der Waals surface area contributed by atoms with Gasteiger partial charge in [-0.1, -0.05) is 6.07 Å². The second-order valence-corrected chi connectivity index (χ2v) is 5.16. The third-order valence-corrected chi connectivity index (χ3v) is 4.04. The van der Waals surface area contributed by atoms with Gasteiger partial charge in [-0.05, 0) is 31.9 Å². The quantitative estimate of drug-likeness (QED) is 0.898. The van der Waals surface area contributed by atoms with Gasteiger partial charge < -0.3 is 15.0 Å². The highest BCUT2D eigenvalue weighted by Crippen LogP contribution is 2.29. The van der Waals surface area contributed by atoms with Crippen molar-refractivity contribution in [2.75, 3.05) is 20.2 Å². The summed E-state index contributed by atoms with van der Waals surface area (Å²) in [6.07, 6.45) is 3.24. The van der Waals surface area contributed by atoms with Crippen molar-refractivity contribution in [2.24, 2.45) is 0 Å². The molecule has 3 heterocycles. The Bertz CT molecular complexity index is 469. The van der Waals surface area contributed by atoms with Crippen molar-refractivity contribution in [2.45, 2.75) is 31.3 Å². The van der Waals surface area contributed by atoms with Crippen LogP contribution in [0.15, 0.2) is 18.2 Å². The number of nitrogens with zero attached hydrogens (tertiary/aromatic N) is 2. The number of hydrogen-bond acceptors (Lipinski definition) is 4. The van der Waals surface area contributed by atoms with E-state index in [0.29, 0.717) is 23.7 Å². The number of pyridine rings is 1. The summed E-state index contributed by atoms with van der Waals surface area (Å²) in [6, 6.07) is 6.02. The van der Waals surface area contributed by atoms with Gasteiger partial charge in [0.25, 0.3) is 5.91 Å². The van der Waals surface area contributed by atoms with E-state index in [-0.39, 0.29) is 18.3 Å². The van der Waals surface area contributed by atoms with Crippen LogP contribution in [0.25, 0.3) is 0 Å². The lowest BCUT2D eigenvalue weighted by atomic mass is 10.1. The number of aromatic nitrogens is 1. The van der Waals surface area contributed by atoms with E-state index < -0.39 is 0 Å². The van der Waals surface area contributed by atoms with Crippen LogP contribution < -0.4 is 10.1 Å². The van der Waals surface area contributed by atoms with Gasteiger partial charge in [-0.15, -0.1) is 12.4 Å². The highest BCUT2D eigenvalue weighted by Gasteiger charge is 2.38. The number of methoxy groups -OCH3 is 1. The molecule has 1 amide bonds. The topological polar surface area (TPSA) is 54.5 Å². The van der Waals surface area contributed by atoms with Gasteiger partial charge >= 0.3 is 0 Å². The Hall–Kier alpha value is -1.33. The molecule has 2 aliphatic heterocycles. The Morgan fingerprint density at radius 1 is 1.35 bits per heavy atom. The molecular weight excluding hydrogens is 278 g/mol. The Balaban J connectivity index is 0.00000147. The van der Waals surface area contributed by atoms with Gasteiger partial charge in [0.2, 0.25) is 5.88 Å². The lowest BCUT2D eigenvalue weighted by Gasteiger charge is -2.27. The molecule has 1 aromatic heterocycles. The minimum Gasteiger partial charge on any atom is -0.481 e. The summed E-state index contributed by atoms with van der Waals surface area (Å²) in [5.74, 6) is 0.529. The molecular formula is C14H20ClN3O2. The minimum absolute atomic E-state index is 0. The molecule has 6 heteroatoms. The predicted octanol–water partition coefficient (Wildman–Crippen LogP) is 1.48. The maximum atomic E-state index is 12.7. The van der Waals surface area contributed by atoms with E-state index in [2.05, 4.69) is 10.3 Å². The van der Waals surface area contributed by atoms with Crippen LogP contribution in [-0.2, 0) is 0 Å². The first kappa shape index (κ1) is 15.1. The summed E-state index contributed by atoms with van der Waals surface area (Å²) >= 11 is 0. The number of amides is 1. The molecule has 2 atom stereocenters. The Morgan fingerprint density at radius 3 is 2.95 bits per heavy atom. The van der Waals surface area contributed by atoms with Crippen molar-refractivity contribution in [3.8, 4) is 5.88 Å². The van der Waals surface area contributed by atoms with Crippen LogP contribution in [-0.4, -0.2) is 48.1 Å². The zero-order valence-corrected chi connectivity index (χ0v) is 12.4. The Morgan fingerprint density at radius 2 is 2.15 bits per heavy atom. The number of fused-ring (bicyclic) bond motifs is 2. The summed E-state index contributed by atoms with van der Waals surface area (Å²) in [7, 11) is 1.57. The van der Waals surface area contributed by atoms with Gasteiger partial charge in [-0.3, -0.25) is 4.79 Å². The molecule has 2 fully saturated rings. The monoisotopic (exact) mass is 297 g/mol. The van der Waals surface area contributed by atoms with E-state index in [4.69, 9.17) is 4.74 Å². The van der Waals surface area contributed by atoms with Crippen LogP contribution in [0.5, 0.6) is 5.88 Å². The molecule has 0 aromatic carbocycles.